The van der Waals surface area contributed by atoms with Crippen molar-refractivity contribution < 1.29 is 9.66 Å². The fraction of sp³-hybridized carbons (Fsp3) is 0.438. The summed E-state index contributed by atoms with van der Waals surface area (Å²) in [5, 5.41) is 11.0. The minimum absolute atomic E-state index is 0.00236. The SMILES string of the molecule is COc1cc(N2CCC[C@H]2Cn2ccnc2C)ccc1[N+](=O)[O-]. The Hall–Kier alpha value is -2.57. The second-order valence-corrected chi connectivity index (χ2v) is 5.73. The number of anilines is 1. The molecule has 1 aromatic heterocycles. The van der Waals surface area contributed by atoms with Crippen molar-refractivity contribution >= 4 is 11.4 Å². The normalized spacial score (nSPS) is 17.5. The second kappa shape index (κ2) is 6.28. The van der Waals surface area contributed by atoms with E-state index >= 15 is 0 Å². The maximum Gasteiger partial charge on any atom is 0.311 e. The Kier molecular flexibility index (Phi) is 4.18. The number of hydrogen-bond acceptors (Lipinski definition) is 5. The monoisotopic (exact) mass is 316 g/mol. The predicted octanol–water partition coefficient (Wildman–Crippen LogP) is 2.78. The number of nitrogens with zero attached hydrogens (tertiary/aromatic N) is 4. The average Bonchev–Trinajstić information content (AvgIpc) is 3.16. The molecule has 7 heteroatoms. The largest absolute Gasteiger partial charge is 0.490 e. The minimum atomic E-state index is -0.418. The summed E-state index contributed by atoms with van der Waals surface area (Å²) >= 11 is 0. The number of methoxy groups -OCH3 is 1. The molecule has 1 aromatic carbocycles. The summed E-state index contributed by atoms with van der Waals surface area (Å²) in [6.07, 6.45) is 6.00. The molecule has 1 aliphatic heterocycles. The summed E-state index contributed by atoms with van der Waals surface area (Å²) < 4.78 is 7.33. The Morgan fingerprint density at radius 1 is 1.48 bits per heavy atom. The van der Waals surface area contributed by atoms with Crippen molar-refractivity contribution in [1.82, 2.24) is 9.55 Å². The van der Waals surface area contributed by atoms with E-state index in [0.717, 1.165) is 37.4 Å². The quantitative estimate of drug-likeness (QED) is 0.626. The number of benzene rings is 1. The molecule has 23 heavy (non-hydrogen) atoms. The van der Waals surface area contributed by atoms with Gasteiger partial charge in [-0.25, -0.2) is 4.98 Å². The first-order chi connectivity index (χ1) is 11.1. The van der Waals surface area contributed by atoms with Gasteiger partial charge in [0.15, 0.2) is 5.75 Å². The zero-order chi connectivity index (χ0) is 16.4. The molecular formula is C16H20N4O3. The Balaban J connectivity index is 1.85. The average molecular weight is 316 g/mol. The fourth-order valence-corrected chi connectivity index (χ4v) is 3.18. The van der Waals surface area contributed by atoms with Gasteiger partial charge in [0.25, 0.3) is 0 Å². The maximum atomic E-state index is 11.0. The smallest absolute Gasteiger partial charge is 0.311 e. The van der Waals surface area contributed by atoms with Gasteiger partial charge in [-0.3, -0.25) is 10.1 Å². The van der Waals surface area contributed by atoms with Gasteiger partial charge >= 0.3 is 5.69 Å². The number of nitro groups is 1. The van der Waals surface area contributed by atoms with Crippen LogP contribution in [0, 0.1) is 17.0 Å². The third kappa shape index (κ3) is 2.99. The number of nitro benzene ring substituents is 1. The van der Waals surface area contributed by atoms with Gasteiger partial charge < -0.3 is 14.2 Å². The summed E-state index contributed by atoms with van der Waals surface area (Å²) in [4.78, 5) is 17.2. The van der Waals surface area contributed by atoms with E-state index in [-0.39, 0.29) is 5.69 Å². The highest BCUT2D eigenvalue weighted by molar-refractivity contribution is 5.60. The van der Waals surface area contributed by atoms with E-state index < -0.39 is 4.92 Å². The molecule has 1 saturated heterocycles. The van der Waals surface area contributed by atoms with Crippen LogP contribution in [0.5, 0.6) is 5.75 Å². The van der Waals surface area contributed by atoms with Crippen molar-refractivity contribution in [2.75, 3.05) is 18.6 Å². The lowest BCUT2D eigenvalue weighted by Gasteiger charge is -2.27. The molecule has 0 amide bonds. The summed E-state index contributed by atoms with van der Waals surface area (Å²) in [5.74, 6) is 1.30. The molecule has 2 heterocycles. The Morgan fingerprint density at radius 2 is 2.30 bits per heavy atom. The Bertz CT molecular complexity index is 713. The van der Waals surface area contributed by atoms with Crippen LogP contribution in [0.15, 0.2) is 30.6 Å². The first-order valence-corrected chi connectivity index (χ1v) is 7.67. The van der Waals surface area contributed by atoms with Crippen LogP contribution in [0.25, 0.3) is 0 Å². The van der Waals surface area contributed by atoms with Crippen LogP contribution in [0.4, 0.5) is 11.4 Å². The molecule has 0 radical (unpaired) electrons. The number of hydrogen-bond donors (Lipinski definition) is 0. The van der Waals surface area contributed by atoms with Gasteiger partial charge in [0.1, 0.15) is 5.82 Å². The summed E-state index contributed by atoms with van der Waals surface area (Å²) in [6.45, 7) is 3.80. The van der Waals surface area contributed by atoms with Gasteiger partial charge in [-0.2, -0.15) is 0 Å². The van der Waals surface area contributed by atoms with Gasteiger partial charge in [-0.05, 0) is 25.8 Å². The van der Waals surface area contributed by atoms with Crippen LogP contribution in [-0.4, -0.2) is 34.2 Å². The number of ether oxygens (including phenoxy) is 1. The highest BCUT2D eigenvalue weighted by Crippen LogP contribution is 2.34. The van der Waals surface area contributed by atoms with E-state index in [9.17, 15) is 10.1 Å². The topological polar surface area (TPSA) is 73.4 Å². The van der Waals surface area contributed by atoms with Crippen molar-refractivity contribution in [3.8, 4) is 5.75 Å². The number of rotatable bonds is 5. The number of aryl methyl sites for hydroxylation is 1. The maximum absolute atomic E-state index is 11.0. The molecule has 7 nitrogen and oxygen atoms in total. The Labute approximate surface area is 134 Å². The van der Waals surface area contributed by atoms with Gasteiger partial charge in [-0.1, -0.05) is 0 Å². The molecule has 3 rings (SSSR count). The first-order valence-electron chi connectivity index (χ1n) is 7.67. The highest BCUT2D eigenvalue weighted by atomic mass is 16.6. The molecular weight excluding hydrogens is 296 g/mol. The van der Waals surface area contributed by atoms with Crippen LogP contribution in [0.3, 0.4) is 0 Å². The molecule has 0 bridgehead atoms. The van der Waals surface area contributed by atoms with Crippen molar-refractivity contribution in [3.05, 3.63) is 46.5 Å². The molecule has 1 aliphatic rings. The summed E-state index contributed by atoms with van der Waals surface area (Å²) in [6, 6.07) is 5.44. The van der Waals surface area contributed by atoms with E-state index in [1.54, 1.807) is 12.1 Å². The minimum Gasteiger partial charge on any atom is -0.490 e. The van der Waals surface area contributed by atoms with Crippen LogP contribution in [0.2, 0.25) is 0 Å². The molecule has 2 aromatic rings. The lowest BCUT2D eigenvalue weighted by atomic mass is 10.2. The van der Waals surface area contributed by atoms with Crippen LogP contribution in [-0.2, 0) is 6.54 Å². The molecule has 0 N–H and O–H groups in total. The third-order valence-corrected chi connectivity index (χ3v) is 4.40. The van der Waals surface area contributed by atoms with Crippen LogP contribution < -0.4 is 9.64 Å². The van der Waals surface area contributed by atoms with Gasteiger partial charge in [0.05, 0.1) is 12.0 Å². The molecule has 0 saturated carbocycles. The molecule has 0 unspecified atom stereocenters. The molecule has 0 spiro atoms. The van der Waals surface area contributed by atoms with E-state index in [4.69, 9.17) is 4.74 Å². The fourth-order valence-electron chi connectivity index (χ4n) is 3.18. The molecule has 1 atom stereocenters. The Morgan fingerprint density at radius 3 is 2.96 bits per heavy atom. The zero-order valence-electron chi connectivity index (χ0n) is 13.3. The lowest BCUT2D eigenvalue weighted by Crippen LogP contribution is -2.33. The highest BCUT2D eigenvalue weighted by Gasteiger charge is 2.27. The molecule has 1 fully saturated rings. The van der Waals surface area contributed by atoms with E-state index in [1.165, 1.54) is 13.2 Å². The molecule has 122 valence electrons. The van der Waals surface area contributed by atoms with Crippen molar-refractivity contribution in [2.24, 2.45) is 0 Å². The number of aromatic nitrogens is 2. The molecule has 0 aliphatic carbocycles. The van der Waals surface area contributed by atoms with Crippen LogP contribution in [0.1, 0.15) is 18.7 Å². The van der Waals surface area contributed by atoms with Crippen molar-refractivity contribution in [3.63, 3.8) is 0 Å². The van der Waals surface area contributed by atoms with Crippen molar-refractivity contribution in [1.29, 1.82) is 0 Å². The third-order valence-electron chi connectivity index (χ3n) is 4.40. The standard InChI is InChI=1S/C16H20N4O3/c1-12-17-7-9-18(12)11-14-4-3-8-19(14)13-5-6-15(20(21)22)16(10-13)23-2/h5-7,9-10,14H,3-4,8,11H2,1-2H3/t14-/m0/s1. The van der Waals surface area contributed by atoms with Gasteiger partial charge in [0.2, 0.25) is 0 Å². The summed E-state index contributed by atoms with van der Waals surface area (Å²) in [7, 11) is 1.46. The first kappa shape index (κ1) is 15.3. The number of imidazole rings is 1. The predicted molar refractivity (Wildman–Crippen MR) is 87.0 cm³/mol. The van der Waals surface area contributed by atoms with E-state index in [1.807, 2.05) is 19.3 Å². The lowest BCUT2D eigenvalue weighted by molar-refractivity contribution is -0.385. The van der Waals surface area contributed by atoms with Gasteiger partial charge in [0, 0.05) is 49.3 Å². The van der Waals surface area contributed by atoms with E-state index in [0.29, 0.717) is 11.8 Å². The van der Waals surface area contributed by atoms with Crippen LogP contribution >= 0.6 is 0 Å². The summed E-state index contributed by atoms with van der Waals surface area (Å²) in [5.41, 5.74) is 0.963. The van der Waals surface area contributed by atoms with E-state index in [2.05, 4.69) is 14.5 Å². The van der Waals surface area contributed by atoms with Crippen molar-refractivity contribution in [2.45, 2.75) is 32.4 Å². The zero-order valence-corrected chi connectivity index (χ0v) is 13.3. The second-order valence-electron chi connectivity index (χ2n) is 5.73. The van der Waals surface area contributed by atoms with Gasteiger partial charge in [-0.15, -0.1) is 0 Å².